The second-order valence-electron chi connectivity index (χ2n) is 5.29. The molecule has 0 fully saturated rings. The second kappa shape index (κ2) is 5.60. The fourth-order valence-corrected chi connectivity index (χ4v) is 1.47. The molecule has 0 unspecified atom stereocenters. The molecule has 0 aliphatic rings. The van der Waals surface area contributed by atoms with Crippen molar-refractivity contribution in [2.24, 2.45) is 0 Å². The predicted molar refractivity (Wildman–Crippen MR) is 69.0 cm³/mol. The van der Waals surface area contributed by atoms with Crippen LogP contribution in [0.2, 0.25) is 0 Å². The average molecular weight is 290 g/mol. The molecule has 0 saturated heterocycles. The van der Waals surface area contributed by atoms with Gasteiger partial charge in [-0.2, -0.15) is 13.2 Å². The Morgan fingerprint density at radius 3 is 2.10 bits per heavy atom. The highest BCUT2D eigenvalue weighted by Gasteiger charge is 2.42. The maximum Gasteiger partial charge on any atom is 0.412 e. The highest BCUT2D eigenvalue weighted by molar-refractivity contribution is 5.68. The van der Waals surface area contributed by atoms with E-state index < -0.39 is 23.9 Å². The standard InChI is InChI=1S/C13H17F3N2O2/c1-12(2,3)20-11(19)18-10(13(14,15)16)8-4-6-9(17)7-5-8/h4-7,10H,17H2,1-3H3,(H,18,19)/t10-/m0/s1. The maximum atomic E-state index is 13.0. The molecule has 20 heavy (non-hydrogen) atoms. The molecule has 1 aromatic rings. The summed E-state index contributed by atoms with van der Waals surface area (Å²) in [5.74, 6) is 0. The third kappa shape index (κ3) is 4.99. The zero-order valence-corrected chi connectivity index (χ0v) is 11.4. The van der Waals surface area contributed by atoms with Crippen molar-refractivity contribution in [1.82, 2.24) is 5.32 Å². The van der Waals surface area contributed by atoms with Gasteiger partial charge in [0.05, 0.1) is 0 Å². The van der Waals surface area contributed by atoms with Gasteiger partial charge in [-0.1, -0.05) is 12.1 Å². The number of ether oxygens (including phenoxy) is 1. The van der Waals surface area contributed by atoms with Gasteiger partial charge in [0, 0.05) is 5.69 Å². The van der Waals surface area contributed by atoms with Crippen molar-refractivity contribution in [2.45, 2.75) is 38.6 Å². The van der Waals surface area contributed by atoms with Gasteiger partial charge in [-0.25, -0.2) is 4.79 Å². The van der Waals surface area contributed by atoms with E-state index in [1.54, 1.807) is 20.8 Å². The summed E-state index contributed by atoms with van der Waals surface area (Å²) in [5, 5.41) is 1.82. The van der Waals surface area contributed by atoms with Crippen molar-refractivity contribution >= 4 is 11.8 Å². The Morgan fingerprint density at radius 1 is 1.20 bits per heavy atom. The minimum absolute atomic E-state index is 0.113. The first-order chi connectivity index (χ1) is 8.99. The number of rotatable bonds is 2. The number of alkyl halides is 3. The van der Waals surface area contributed by atoms with E-state index in [1.165, 1.54) is 24.3 Å². The Morgan fingerprint density at radius 2 is 1.70 bits per heavy atom. The first kappa shape index (κ1) is 16.1. The van der Waals surface area contributed by atoms with E-state index in [2.05, 4.69) is 0 Å². The number of nitrogen functional groups attached to an aromatic ring is 1. The van der Waals surface area contributed by atoms with Gasteiger partial charge >= 0.3 is 12.3 Å². The molecule has 0 aliphatic carbocycles. The molecule has 1 aromatic carbocycles. The highest BCUT2D eigenvalue weighted by atomic mass is 19.4. The summed E-state index contributed by atoms with van der Waals surface area (Å²) in [4.78, 5) is 11.5. The molecule has 0 radical (unpaired) electrons. The third-order valence-corrected chi connectivity index (χ3v) is 2.26. The summed E-state index contributed by atoms with van der Waals surface area (Å²) in [6, 6.07) is 2.96. The smallest absolute Gasteiger partial charge is 0.412 e. The van der Waals surface area contributed by atoms with Crippen LogP contribution in [-0.4, -0.2) is 17.9 Å². The number of hydrogen-bond acceptors (Lipinski definition) is 3. The van der Waals surface area contributed by atoms with Crippen LogP contribution < -0.4 is 11.1 Å². The van der Waals surface area contributed by atoms with Crippen LogP contribution in [0, 0.1) is 0 Å². The lowest BCUT2D eigenvalue weighted by atomic mass is 10.1. The summed E-state index contributed by atoms with van der Waals surface area (Å²) in [6.45, 7) is 4.70. The number of carbonyl (C=O) groups is 1. The Balaban J connectivity index is 2.92. The third-order valence-electron chi connectivity index (χ3n) is 2.26. The van der Waals surface area contributed by atoms with Crippen molar-refractivity contribution in [1.29, 1.82) is 0 Å². The van der Waals surface area contributed by atoms with E-state index >= 15 is 0 Å². The zero-order valence-electron chi connectivity index (χ0n) is 11.4. The molecule has 3 N–H and O–H groups in total. The van der Waals surface area contributed by atoms with E-state index in [0.29, 0.717) is 5.69 Å². The van der Waals surface area contributed by atoms with Crippen molar-refractivity contribution in [3.63, 3.8) is 0 Å². The van der Waals surface area contributed by atoms with Crippen molar-refractivity contribution in [3.05, 3.63) is 29.8 Å². The lowest BCUT2D eigenvalue weighted by molar-refractivity contribution is -0.156. The lowest BCUT2D eigenvalue weighted by Gasteiger charge is -2.25. The molecule has 0 saturated carbocycles. The number of alkyl carbamates (subject to hydrolysis) is 1. The molecular weight excluding hydrogens is 273 g/mol. The van der Waals surface area contributed by atoms with Gasteiger partial charge < -0.3 is 15.8 Å². The van der Waals surface area contributed by atoms with Crippen LogP contribution in [0.25, 0.3) is 0 Å². The fourth-order valence-electron chi connectivity index (χ4n) is 1.47. The van der Waals surface area contributed by atoms with E-state index in [1.807, 2.05) is 5.32 Å². The Labute approximate surface area is 115 Å². The van der Waals surface area contributed by atoms with Crippen molar-refractivity contribution in [3.8, 4) is 0 Å². The minimum atomic E-state index is -4.63. The number of anilines is 1. The second-order valence-corrected chi connectivity index (χ2v) is 5.29. The van der Waals surface area contributed by atoms with Crippen LogP contribution in [0.1, 0.15) is 32.4 Å². The number of benzene rings is 1. The van der Waals surface area contributed by atoms with Gasteiger partial charge in [-0.05, 0) is 38.5 Å². The van der Waals surface area contributed by atoms with E-state index in [9.17, 15) is 18.0 Å². The molecule has 0 bridgehead atoms. The van der Waals surface area contributed by atoms with Gasteiger partial charge in [0.1, 0.15) is 5.60 Å². The highest BCUT2D eigenvalue weighted by Crippen LogP contribution is 2.33. The van der Waals surface area contributed by atoms with Gasteiger partial charge in [-0.15, -0.1) is 0 Å². The van der Waals surface area contributed by atoms with Crippen LogP contribution in [0.15, 0.2) is 24.3 Å². The number of halogens is 3. The molecule has 0 aromatic heterocycles. The summed E-state index contributed by atoms with van der Waals surface area (Å²) in [5.41, 5.74) is 4.78. The number of nitrogens with one attached hydrogen (secondary N) is 1. The fraction of sp³-hybridized carbons (Fsp3) is 0.462. The molecule has 1 amide bonds. The number of nitrogens with two attached hydrogens (primary N) is 1. The normalized spacial score (nSPS) is 13.7. The number of hydrogen-bond donors (Lipinski definition) is 2. The molecule has 1 rings (SSSR count). The Kier molecular flexibility index (Phi) is 4.52. The van der Waals surface area contributed by atoms with Crippen LogP contribution in [0.4, 0.5) is 23.7 Å². The van der Waals surface area contributed by atoms with E-state index in [4.69, 9.17) is 10.5 Å². The summed E-state index contributed by atoms with van der Waals surface area (Å²) < 4.78 is 43.8. The zero-order chi connectivity index (χ0) is 15.6. The molecule has 0 heterocycles. The molecule has 0 aliphatic heterocycles. The monoisotopic (exact) mass is 290 g/mol. The molecule has 0 spiro atoms. The van der Waals surface area contributed by atoms with Gasteiger partial charge in [0.25, 0.3) is 0 Å². The summed E-state index contributed by atoms with van der Waals surface area (Å²) in [6.07, 6.45) is -5.76. The van der Waals surface area contributed by atoms with Crippen molar-refractivity contribution < 1.29 is 22.7 Å². The van der Waals surface area contributed by atoms with Crippen molar-refractivity contribution in [2.75, 3.05) is 5.73 Å². The molecule has 112 valence electrons. The van der Waals surface area contributed by atoms with Crippen LogP contribution in [-0.2, 0) is 4.74 Å². The maximum absolute atomic E-state index is 13.0. The van der Waals surface area contributed by atoms with E-state index in [0.717, 1.165) is 0 Å². The summed E-state index contributed by atoms with van der Waals surface area (Å²) >= 11 is 0. The first-order valence-electron chi connectivity index (χ1n) is 5.91. The predicted octanol–water partition coefficient (Wildman–Crippen LogP) is 3.40. The van der Waals surface area contributed by atoms with Gasteiger partial charge in [0.15, 0.2) is 6.04 Å². The largest absolute Gasteiger partial charge is 0.444 e. The Hall–Kier alpha value is -1.92. The summed E-state index contributed by atoms with van der Waals surface area (Å²) in [7, 11) is 0. The van der Waals surface area contributed by atoms with Gasteiger partial charge in [0.2, 0.25) is 0 Å². The molecule has 1 atom stereocenters. The number of carbonyl (C=O) groups excluding carboxylic acids is 1. The topological polar surface area (TPSA) is 64.3 Å². The lowest BCUT2D eigenvalue weighted by Crippen LogP contribution is -2.41. The average Bonchev–Trinajstić information content (AvgIpc) is 2.23. The van der Waals surface area contributed by atoms with Crippen LogP contribution in [0.3, 0.4) is 0 Å². The minimum Gasteiger partial charge on any atom is -0.444 e. The van der Waals surface area contributed by atoms with Crippen LogP contribution in [0.5, 0.6) is 0 Å². The quantitative estimate of drug-likeness (QED) is 0.820. The molecular formula is C13H17F3N2O2. The van der Waals surface area contributed by atoms with Crippen LogP contribution >= 0.6 is 0 Å². The SMILES string of the molecule is CC(C)(C)OC(=O)N[C@@H](c1ccc(N)cc1)C(F)(F)F. The first-order valence-corrected chi connectivity index (χ1v) is 5.91. The van der Waals surface area contributed by atoms with Gasteiger partial charge in [-0.3, -0.25) is 0 Å². The number of amides is 1. The molecule has 4 nitrogen and oxygen atoms in total. The van der Waals surface area contributed by atoms with E-state index in [-0.39, 0.29) is 5.56 Å². The Bertz CT molecular complexity index is 464. The molecule has 7 heteroatoms.